The Hall–Kier alpha value is -3.63. The summed E-state index contributed by atoms with van der Waals surface area (Å²) < 4.78 is 67.3. The number of hydrogen-bond donors (Lipinski definition) is 2. The van der Waals surface area contributed by atoms with E-state index in [2.05, 4.69) is 5.32 Å². The molecule has 4 rings (SSSR count). The zero-order valence-corrected chi connectivity index (χ0v) is 22.5. The number of hydrogen-bond acceptors (Lipinski definition) is 4. The molecule has 206 valence electrons. The molecule has 1 heterocycles. The van der Waals surface area contributed by atoms with Crippen LogP contribution in [0.5, 0.6) is 0 Å². The normalized spacial score (nSPS) is 13.1. The van der Waals surface area contributed by atoms with Gasteiger partial charge in [-0.05, 0) is 61.9 Å². The summed E-state index contributed by atoms with van der Waals surface area (Å²) in [6.07, 6.45) is -4.53. The lowest BCUT2D eigenvalue weighted by atomic mass is 10.0. The van der Waals surface area contributed by atoms with E-state index in [1.54, 1.807) is 49.4 Å². The number of carbonyl (C=O) groups is 1. The molecule has 1 atom stereocenters. The number of alkyl halides is 3. The van der Waals surface area contributed by atoms with E-state index >= 15 is 0 Å². The van der Waals surface area contributed by atoms with E-state index < -0.39 is 40.1 Å². The minimum Gasteiger partial charge on any atom is -0.394 e. The van der Waals surface area contributed by atoms with Crippen LogP contribution in [0.2, 0.25) is 0 Å². The van der Waals surface area contributed by atoms with Crippen molar-refractivity contribution in [2.45, 2.75) is 43.9 Å². The van der Waals surface area contributed by atoms with Gasteiger partial charge in [0.2, 0.25) is 0 Å². The zero-order valence-electron chi connectivity index (χ0n) is 21.7. The Kier molecular flexibility index (Phi) is 7.90. The van der Waals surface area contributed by atoms with Crippen molar-refractivity contribution in [2.24, 2.45) is 0 Å². The molecule has 39 heavy (non-hydrogen) atoms. The Morgan fingerprint density at radius 1 is 1.00 bits per heavy atom. The fourth-order valence-corrected chi connectivity index (χ4v) is 5.53. The van der Waals surface area contributed by atoms with Crippen LogP contribution in [0.1, 0.15) is 54.3 Å². The summed E-state index contributed by atoms with van der Waals surface area (Å²) in [6.45, 7) is 4.88. The maximum atomic E-state index is 13.8. The molecule has 0 radical (unpaired) electrons. The highest BCUT2D eigenvalue weighted by atomic mass is 32.2. The number of sulfone groups is 1. The predicted molar refractivity (Wildman–Crippen MR) is 144 cm³/mol. The molecule has 2 N–H and O–H groups in total. The molecule has 0 aliphatic rings. The molecule has 4 aromatic rings. The first-order valence-corrected chi connectivity index (χ1v) is 14.1. The molecule has 0 aliphatic heterocycles. The monoisotopic (exact) mass is 558 g/mol. The zero-order chi connectivity index (χ0) is 28.5. The molecule has 0 bridgehead atoms. The lowest BCUT2D eigenvalue weighted by Crippen LogP contribution is -2.30. The summed E-state index contributed by atoms with van der Waals surface area (Å²) in [5.74, 6) is -0.535. The number of aliphatic hydroxyl groups excluding tert-OH is 1. The summed E-state index contributed by atoms with van der Waals surface area (Å²) in [5, 5.41) is 13.3. The minimum atomic E-state index is -4.53. The number of nitrogens with one attached hydrogen (secondary N) is 1. The van der Waals surface area contributed by atoms with Gasteiger partial charge in [0.25, 0.3) is 5.91 Å². The molecule has 3 aromatic carbocycles. The van der Waals surface area contributed by atoms with Gasteiger partial charge < -0.3 is 15.0 Å². The molecule has 0 fully saturated rings. The summed E-state index contributed by atoms with van der Waals surface area (Å²) in [4.78, 5) is 13.3. The van der Waals surface area contributed by atoms with Crippen LogP contribution in [-0.2, 0) is 16.0 Å². The average molecular weight is 559 g/mol. The van der Waals surface area contributed by atoms with Gasteiger partial charge in [0.15, 0.2) is 9.84 Å². The Balaban J connectivity index is 1.68. The third kappa shape index (κ3) is 5.72. The third-order valence-corrected chi connectivity index (χ3v) is 8.39. The lowest BCUT2D eigenvalue weighted by molar-refractivity contribution is -0.137. The van der Waals surface area contributed by atoms with Crippen LogP contribution in [0.4, 0.5) is 13.2 Å². The van der Waals surface area contributed by atoms with Crippen LogP contribution in [0, 0.1) is 0 Å². The number of fused-ring (bicyclic) bond motifs is 1. The van der Waals surface area contributed by atoms with Crippen molar-refractivity contribution in [1.29, 1.82) is 0 Å². The molecule has 0 saturated heterocycles. The predicted octanol–water partition coefficient (Wildman–Crippen LogP) is 6.17. The van der Waals surface area contributed by atoms with Gasteiger partial charge >= 0.3 is 6.18 Å². The van der Waals surface area contributed by atoms with Crippen LogP contribution in [0.3, 0.4) is 0 Å². The molecular weight excluding hydrogens is 529 g/mol. The van der Waals surface area contributed by atoms with Crippen molar-refractivity contribution >= 4 is 26.6 Å². The second-order valence-corrected chi connectivity index (χ2v) is 11.8. The highest BCUT2D eigenvalue weighted by Gasteiger charge is 2.34. The summed E-state index contributed by atoms with van der Waals surface area (Å²) >= 11 is 0. The Morgan fingerprint density at radius 2 is 1.67 bits per heavy atom. The molecule has 10 heteroatoms. The number of aromatic nitrogens is 1. The van der Waals surface area contributed by atoms with E-state index in [4.69, 9.17) is 0 Å². The average Bonchev–Trinajstić information content (AvgIpc) is 3.30. The van der Waals surface area contributed by atoms with Gasteiger partial charge in [-0.25, -0.2) is 8.42 Å². The van der Waals surface area contributed by atoms with Gasteiger partial charge in [-0.3, -0.25) is 4.79 Å². The minimum absolute atomic E-state index is 0.0446. The summed E-state index contributed by atoms with van der Waals surface area (Å²) in [6, 6.07) is 16.9. The Morgan fingerprint density at radius 3 is 2.26 bits per heavy atom. The van der Waals surface area contributed by atoms with E-state index in [1.165, 1.54) is 24.3 Å². The van der Waals surface area contributed by atoms with Crippen LogP contribution in [-0.4, -0.2) is 36.4 Å². The first-order chi connectivity index (χ1) is 18.4. The Labute approximate surface area is 225 Å². The van der Waals surface area contributed by atoms with E-state index in [1.807, 2.05) is 18.4 Å². The van der Waals surface area contributed by atoms with Crippen molar-refractivity contribution in [3.05, 3.63) is 89.5 Å². The van der Waals surface area contributed by atoms with Crippen molar-refractivity contribution in [2.75, 3.05) is 12.4 Å². The first-order valence-electron chi connectivity index (χ1n) is 12.4. The van der Waals surface area contributed by atoms with Gasteiger partial charge in [-0.1, -0.05) is 37.3 Å². The number of nitrogens with zero attached hydrogens (tertiary/aromatic N) is 1. The van der Waals surface area contributed by atoms with Crippen LogP contribution >= 0.6 is 0 Å². The van der Waals surface area contributed by atoms with E-state index in [-0.39, 0.29) is 27.8 Å². The van der Waals surface area contributed by atoms with Crippen LogP contribution in [0.25, 0.3) is 22.2 Å². The fraction of sp³-hybridized carbons (Fsp3) is 0.276. The number of rotatable bonds is 8. The van der Waals surface area contributed by atoms with Gasteiger partial charge in [0.05, 0.1) is 28.9 Å². The lowest BCUT2D eigenvalue weighted by Gasteiger charge is -2.18. The summed E-state index contributed by atoms with van der Waals surface area (Å²) in [7, 11) is -3.39. The second-order valence-electron chi connectivity index (χ2n) is 9.49. The molecular formula is C29H29F3N2O4S. The van der Waals surface area contributed by atoms with Gasteiger partial charge in [0, 0.05) is 33.8 Å². The first kappa shape index (κ1) is 28.4. The van der Waals surface area contributed by atoms with Crippen LogP contribution in [0.15, 0.2) is 77.7 Å². The van der Waals surface area contributed by atoms with Crippen molar-refractivity contribution < 1.29 is 31.5 Å². The van der Waals surface area contributed by atoms with Crippen molar-refractivity contribution in [3.63, 3.8) is 0 Å². The number of benzene rings is 3. The highest BCUT2D eigenvalue weighted by Crippen LogP contribution is 2.40. The van der Waals surface area contributed by atoms with E-state index in [0.717, 1.165) is 6.07 Å². The van der Waals surface area contributed by atoms with E-state index in [9.17, 15) is 31.5 Å². The largest absolute Gasteiger partial charge is 0.417 e. The van der Waals surface area contributed by atoms with Gasteiger partial charge in [-0.2, -0.15) is 13.2 Å². The number of carbonyl (C=O) groups excluding carboxylic acids is 1. The smallest absolute Gasteiger partial charge is 0.394 e. The van der Waals surface area contributed by atoms with E-state index in [0.29, 0.717) is 22.2 Å². The molecule has 1 aromatic heterocycles. The Bertz CT molecular complexity index is 1610. The fourth-order valence-electron chi connectivity index (χ4n) is 4.64. The molecule has 1 amide bonds. The van der Waals surface area contributed by atoms with Gasteiger partial charge in [0.1, 0.15) is 0 Å². The maximum absolute atomic E-state index is 13.8. The SMILES string of the molecule is CCS(=O)(=O)c1ccc(C(CO)NC(=O)c2ccc3c(c2)cc(-c2ccccc2C(F)(F)F)n3C(C)C)cc1. The van der Waals surface area contributed by atoms with Crippen molar-refractivity contribution in [3.8, 4) is 11.3 Å². The van der Waals surface area contributed by atoms with Crippen molar-refractivity contribution in [1.82, 2.24) is 9.88 Å². The second kappa shape index (κ2) is 10.9. The molecule has 0 saturated carbocycles. The number of halogens is 3. The number of amides is 1. The standard InChI is InChI=1S/C29H29F3N2O4S/c1-4-39(37,38)22-12-9-19(10-13-22)25(17-35)33-28(36)20-11-14-26-21(15-20)16-27(34(26)18(2)3)23-7-5-6-8-24(23)29(30,31)32/h5-16,18,25,35H,4,17H2,1-3H3,(H,33,36). The highest BCUT2D eigenvalue weighted by molar-refractivity contribution is 7.91. The maximum Gasteiger partial charge on any atom is 0.417 e. The molecule has 6 nitrogen and oxygen atoms in total. The third-order valence-electron chi connectivity index (χ3n) is 6.64. The van der Waals surface area contributed by atoms with Crippen LogP contribution < -0.4 is 5.32 Å². The molecule has 0 spiro atoms. The summed E-state index contributed by atoms with van der Waals surface area (Å²) in [5.41, 5.74) is 1.17. The van der Waals surface area contributed by atoms with Gasteiger partial charge in [-0.15, -0.1) is 0 Å². The number of aliphatic hydroxyl groups is 1. The topological polar surface area (TPSA) is 88.4 Å². The molecule has 0 aliphatic carbocycles. The quantitative estimate of drug-likeness (QED) is 0.271. The molecule has 1 unspecified atom stereocenters.